The molecule has 0 saturated carbocycles. The third kappa shape index (κ3) is 11.2. The molecule has 0 radical (unpaired) electrons. The molecular weight excluding hydrogens is 468 g/mol. The van der Waals surface area contributed by atoms with Crippen LogP contribution in [0.25, 0.3) is 0 Å². The van der Waals surface area contributed by atoms with E-state index in [-0.39, 0.29) is 41.1 Å². The van der Waals surface area contributed by atoms with Crippen LogP contribution >= 0.6 is 0 Å². The molecule has 0 fully saturated rings. The molecule has 0 aliphatic rings. The Morgan fingerprint density at radius 1 is 0.611 bits per heavy atom. The molecule has 36 heavy (non-hydrogen) atoms. The lowest BCUT2D eigenvalue weighted by Crippen LogP contribution is -2.13. The summed E-state index contributed by atoms with van der Waals surface area (Å²) >= 11 is 0. The van der Waals surface area contributed by atoms with Crippen LogP contribution in [-0.2, 0) is 9.47 Å². The van der Waals surface area contributed by atoms with E-state index in [1.54, 1.807) is 6.92 Å². The van der Waals surface area contributed by atoms with Gasteiger partial charge in [-0.3, -0.25) is 0 Å². The lowest BCUT2D eigenvalue weighted by molar-refractivity contribution is 0.203. The molecule has 0 aromatic rings. The van der Waals surface area contributed by atoms with Crippen LogP contribution in [0.2, 0.25) is 0 Å². The molecule has 0 amide bonds. The van der Waals surface area contributed by atoms with Crippen molar-refractivity contribution in [2.45, 2.75) is 80.1 Å². The molecule has 0 rings (SSSR count). The number of ether oxygens (including phenoxy) is 2. The van der Waals surface area contributed by atoms with E-state index in [1.165, 1.54) is 0 Å². The predicted molar refractivity (Wildman–Crippen MR) is 143 cm³/mol. The van der Waals surface area contributed by atoms with Crippen LogP contribution in [-0.4, -0.2) is 13.2 Å². The summed E-state index contributed by atoms with van der Waals surface area (Å²) in [6.45, 7) is 26.3. The first-order chi connectivity index (χ1) is 16.8. The van der Waals surface area contributed by atoms with Gasteiger partial charge in [-0.15, -0.1) is 0 Å². The zero-order chi connectivity index (χ0) is 28.0. The van der Waals surface area contributed by atoms with Gasteiger partial charge in [0.2, 0.25) is 0 Å². The van der Waals surface area contributed by atoms with Crippen molar-refractivity contribution < 1.29 is 27.0 Å². The van der Waals surface area contributed by atoms with Crippen molar-refractivity contribution in [3.63, 3.8) is 0 Å². The molecule has 206 valence electrons. The largest absolute Gasteiger partial charge is 0.491 e. The van der Waals surface area contributed by atoms with Crippen LogP contribution in [0.1, 0.15) is 80.1 Å². The highest BCUT2D eigenvalue weighted by molar-refractivity contribution is 5.34. The van der Waals surface area contributed by atoms with Crippen molar-refractivity contribution in [3.8, 4) is 0 Å². The minimum Gasteiger partial charge on any atom is -0.491 e. The van der Waals surface area contributed by atoms with E-state index in [4.69, 9.17) is 9.47 Å². The number of rotatable bonds is 19. The Balaban J connectivity index is 4.80. The lowest BCUT2D eigenvalue weighted by Gasteiger charge is -2.24. The molecule has 0 bridgehead atoms. The van der Waals surface area contributed by atoms with E-state index in [2.05, 4.69) is 40.2 Å². The molecule has 0 spiro atoms. The fourth-order valence-corrected chi connectivity index (χ4v) is 3.54. The van der Waals surface area contributed by atoms with Crippen molar-refractivity contribution in [2.75, 3.05) is 13.2 Å². The number of allylic oxidation sites excluding steroid dienone is 6. The molecule has 0 N–H and O–H groups in total. The van der Waals surface area contributed by atoms with Gasteiger partial charge < -0.3 is 9.47 Å². The molecular formula is C30H46F4O2. The van der Waals surface area contributed by atoms with Crippen molar-refractivity contribution in [1.82, 2.24) is 0 Å². The fourth-order valence-electron chi connectivity index (χ4n) is 3.54. The Labute approximate surface area is 216 Å². The minimum absolute atomic E-state index is 0.0858. The van der Waals surface area contributed by atoms with Gasteiger partial charge in [-0.25, -0.2) is 8.78 Å². The highest BCUT2D eigenvalue weighted by atomic mass is 19.2. The highest BCUT2D eigenvalue weighted by Crippen LogP contribution is 2.34. The molecule has 0 saturated heterocycles. The van der Waals surface area contributed by atoms with E-state index < -0.39 is 23.3 Å². The van der Waals surface area contributed by atoms with Crippen LogP contribution in [0.3, 0.4) is 0 Å². The zero-order valence-corrected chi connectivity index (χ0v) is 23.1. The van der Waals surface area contributed by atoms with Gasteiger partial charge in [0, 0.05) is 0 Å². The Kier molecular flexibility index (Phi) is 16.2. The number of hydrogen-bond acceptors (Lipinski definition) is 2. The molecule has 6 heteroatoms. The summed E-state index contributed by atoms with van der Waals surface area (Å²) in [4.78, 5) is 0. The highest BCUT2D eigenvalue weighted by Gasteiger charge is 2.23. The van der Waals surface area contributed by atoms with E-state index in [0.29, 0.717) is 31.3 Å². The van der Waals surface area contributed by atoms with Crippen molar-refractivity contribution in [3.05, 3.63) is 72.3 Å². The van der Waals surface area contributed by atoms with E-state index in [1.807, 2.05) is 20.8 Å². The third-order valence-electron chi connectivity index (χ3n) is 6.80. The maximum atomic E-state index is 14.6. The molecule has 0 aliphatic heterocycles. The SMILES string of the molecule is C=C(OCC)/C(F)=C(/F)C(=C)C(C)CCC(C)C(C)CCC(C)C(=C)/C(F)=C(/F)C(=C)OCCCC. The smallest absolute Gasteiger partial charge is 0.200 e. The molecule has 0 aromatic carbocycles. The maximum absolute atomic E-state index is 14.6. The Morgan fingerprint density at radius 3 is 1.36 bits per heavy atom. The molecule has 2 nitrogen and oxygen atoms in total. The molecule has 0 aromatic heterocycles. The van der Waals surface area contributed by atoms with Gasteiger partial charge in [-0.1, -0.05) is 67.4 Å². The van der Waals surface area contributed by atoms with E-state index in [9.17, 15) is 17.6 Å². The van der Waals surface area contributed by atoms with Gasteiger partial charge in [0.1, 0.15) is 0 Å². The lowest BCUT2D eigenvalue weighted by atomic mass is 9.82. The summed E-state index contributed by atoms with van der Waals surface area (Å²) in [6, 6.07) is 0. The van der Waals surface area contributed by atoms with Gasteiger partial charge in [-0.05, 0) is 73.8 Å². The van der Waals surface area contributed by atoms with Gasteiger partial charge >= 0.3 is 0 Å². The number of hydrogen-bond donors (Lipinski definition) is 0. The van der Waals surface area contributed by atoms with Gasteiger partial charge in [0.25, 0.3) is 0 Å². The average Bonchev–Trinajstić information content (AvgIpc) is 2.87. The second kappa shape index (κ2) is 17.3. The van der Waals surface area contributed by atoms with Gasteiger partial charge in [0.05, 0.1) is 13.2 Å². The predicted octanol–water partition coefficient (Wildman–Crippen LogP) is 10.4. The third-order valence-corrected chi connectivity index (χ3v) is 6.80. The Morgan fingerprint density at radius 2 is 1.00 bits per heavy atom. The maximum Gasteiger partial charge on any atom is 0.200 e. The first-order valence-electron chi connectivity index (χ1n) is 12.9. The topological polar surface area (TPSA) is 18.5 Å². The summed E-state index contributed by atoms with van der Waals surface area (Å²) in [5.74, 6) is -4.80. The number of unbranched alkanes of at least 4 members (excludes halogenated alkanes) is 1. The monoisotopic (exact) mass is 514 g/mol. The van der Waals surface area contributed by atoms with E-state index >= 15 is 0 Å². The van der Waals surface area contributed by atoms with Crippen LogP contribution in [0.5, 0.6) is 0 Å². The summed E-state index contributed by atoms with van der Waals surface area (Å²) in [5, 5.41) is 0. The summed E-state index contributed by atoms with van der Waals surface area (Å²) in [7, 11) is 0. The van der Waals surface area contributed by atoms with Crippen molar-refractivity contribution in [2.24, 2.45) is 23.7 Å². The normalized spacial score (nSPS) is 16.2. The second-order valence-corrected chi connectivity index (χ2v) is 9.70. The van der Waals surface area contributed by atoms with Crippen LogP contribution in [0.15, 0.2) is 72.3 Å². The van der Waals surface area contributed by atoms with Gasteiger partial charge in [-0.2, -0.15) is 8.78 Å². The number of halogens is 4. The van der Waals surface area contributed by atoms with Crippen LogP contribution in [0.4, 0.5) is 17.6 Å². The van der Waals surface area contributed by atoms with E-state index in [0.717, 1.165) is 25.7 Å². The summed E-state index contributed by atoms with van der Waals surface area (Å²) < 4.78 is 67.5. The standard InChI is InChI=1S/C30H46F4O2/c1-11-13-18-36-26(10)30(34)28(32)24(8)22(6)17-15-20(4)19(3)14-16-21(5)23(7)27(31)29(33)25(9)35-12-2/h19-22H,7-18H2,1-6H3/b29-27-,30-28-. The summed E-state index contributed by atoms with van der Waals surface area (Å²) in [6.07, 6.45) is 4.47. The zero-order valence-electron chi connectivity index (χ0n) is 23.1. The average molecular weight is 515 g/mol. The first kappa shape index (κ1) is 33.8. The summed E-state index contributed by atoms with van der Waals surface area (Å²) in [5.41, 5.74) is 0.179. The van der Waals surface area contributed by atoms with Crippen molar-refractivity contribution in [1.29, 1.82) is 0 Å². The Hall–Kier alpha value is -2.24. The molecule has 0 heterocycles. The molecule has 4 unspecified atom stereocenters. The quantitative estimate of drug-likeness (QED) is 0.0739. The minimum atomic E-state index is -1.11. The van der Waals surface area contributed by atoms with Crippen molar-refractivity contribution >= 4 is 0 Å². The van der Waals surface area contributed by atoms with Crippen LogP contribution < -0.4 is 0 Å². The fraction of sp³-hybridized carbons (Fsp3) is 0.600. The van der Waals surface area contributed by atoms with Crippen LogP contribution in [0, 0.1) is 23.7 Å². The first-order valence-corrected chi connectivity index (χ1v) is 12.9. The Bertz CT molecular complexity index is 825. The molecule has 0 aliphatic carbocycles. The second-order valence-electron chi connectivity index (χ2n) is 9.70. The molecule has 4 atom stereocenters. The van der Waals surface area contributed by atoms with Gasteiger partial charge in [0.15, 0.2) is 34.8 Å².